The highest BCUT2D eigenvalue weighted by Crippen LogP contribution is 2.35. The van der Waals surface area contributed by atoms with Crippen molar-refractivity contribution in [3.8, 4) is 0 Å². The minimum atomic E-state index is 0.169. The number of anilines is 1. The summed E-state index contributed by atoms with van der Waals surface area (Å²) < 4.78 is 0. The zero-order chi connectivity index (χ0) is 14.7. The van der Waals surface area contributed by atoms with E-state index >= 15 is 0 Å². The molecule has 1 aliphatic carbocycles. The van der Waals surface area contributed by atoms with E-state index in [-0.39, 0.29) is 5.91 Å². The molecule has 21 heavy (non-hydrogen) atoms. The quantitative estimate of drug-likeness (QED) is 0.927. The predicted octanol–water partition coefficient (Wildman–Crippen LogP) is 3.31. The Labute approximate surface area is 126 Å². The van der Waals surface area contributed by atoms with Crippen LogP contribution in [-0.2, 0) is 0 Å². The van der Waals surface area contributed by atoms with Crippen molar-refractivity contribution in [2.75, 3.05) is 18.4 Å². The third-order valence-electron chi connectivity index (χ3n) is 4.87. The molecule has 4 heteroatoms. The SMILES string of the molecule is CCNc1ccc(C(=O)N2CCCC3CCCCC32)cn1. The zero-order valence-corrected chi connectivity index (χ0v) is 12.8. The van der Waals surface area contributed by atoms with Gasteiger partial charge in [-0.1, -0.05) is 12.8 Å². The topological polar surface area (TPSA) is 45.2 Å². The Morgan fingerprint density at radius 2 is 2.10 bits per heavy atom. The summed E-state index contributed by atoms with van der Waals surface area (Å²) in [4.78, 5) is 19.2. The van der Waals surface area contributed by atoms with Crippen LogP contribution in [0.25, 0.3) is 0 Å². The van der Waals surface area contributed by atoms with Gasteiger partial charge in [-0.25, -0.2) is 4.98 Å². The normalized spacial score (nSPS) is 25.3. The molecule has 1 saturated heterocycles. The Morgan fingerprint density at radius 1 is 1.29 bits per heavy atom. The van der Waals surface area contributed by atoms with Crippen molar-refractivity contribution in [1.82, 2.24) is 9.88 Å². The van der Waals surface area contributed by atoms with E-state index in [1.807, 2.05) is 19.1 Å². The summed E-state index contributed by atoms with van der Waals surface area (Å²) in [5, 5.41) is 3.16. The van der Waals surface area contributed by atoms with Gasteiger partial charge in [0.1, 0.15) is 5.82 Å². The predicted molar refractivity (Wildman–Crippen MR) is 84.4 cm³/mol. The fraction of sp³-hybridized carbons (Fsp3) is 0.647. The summed E-state index contributed by atoms with van der Waals surface area (Å²) in [5.41, 5.74) is 0.725. The molecular formula is C17H25N3O. The molecule has 3 rings (SSSR count). The van der Waals surface area contributed by atoms with Gasteiger partial charge in [0, 0.05) is 25.3 Å². The maximum atomic E-state index is 12.8. The smallest absolute Gasteiger partial charge is 0.255 e. The van der Waals surface area contributed by atoms with Crippen LogP contribution in [0.4, 0.5) is 5.82 Å². The van der Waals surface area contributed by atoms with E-state index in [1.54, 1.807) is 6.20 Å². The second kappa shape index (κ2) is 6.46. The van der Waals surface area contributed by atoms with Gasteiger partial charge >= 0.3 is 0 Å². The molecule has 2 aliphatic rings. The molecule has 2 heterocycles. The van der Waals surface area contributed by atoms with Crippen LogP contribution < -0.4 is 5.32 Å². The molecule has 0 aromatic carbocycles. The number of aromatic nitrogens is 1. The third-order valence-corrected chi connectivity index (χ3v) is 4.87. The third kappa shape index (κ3) is 3.04. The monoisotopic (exact) mass is 287 g/mol. The van der Waals surface area contributed by atoms with E-state index in [2.05, 4.69) is 15.2 Å². The number of rotatable bonds is 3. The zero-order valence-electron chi connectivity index (χ0n) is 12.8. The second-order valence-electron chi connectivity index (χ2n) is 6.22. The summed E-state index contributed by atoms with van der Waals surface area (Å²) >= 11 is 0. The first-order valence-electron chi connectivity index (χ1n) is 8.30. The summed E-state index contributed by atoms with van der Waals surface area (Å²) in [6, 6.07) is 4.27. The first-order chi connectivity index (χ1) is 10.3. The van der Waals surface area contributed by atoms with Crippen molar-refractivity contribution in [1.29, 1.82) is 0 Å². The number of nitrogens with zero attached hydrogens (tertiary/aromatic N) is 2. The number of amides is 1. The van der Waals surface area contributed by atoms with Crippen LogP contribution in [0.2, 0.25) is 0 Å². The number of likely N-dealkylation sites (tertiary alicyclic amines) is 1. The molecule has 2 fully saturated rings. The van der Waals surface area contributed by atoms with Gasteiger partial charge in [-0.3, -0.25) is 4.79 Å². The van der Waals surface area contributed by atoms with Crippen LogP contribution in [0.3, 0.4) is 0 Å². The maximum absolute atomic E-state index is 12.8. The lowest BCUT2D eigenvalue weighted by Crippen LogP contribution is -2.49. The standard InChI is InChI=1S/C17H25N3O/c1-2-18-16-10-9-14(12-19-16)17(21)20-11-5-7-13-6-3-4-8-15(13)20/h9-10,12-13,15H,2-8,11H2,1H3,(H,18,19). The number of hydrogen-bond donors (Lipinski definition) is 1. The van der Waals surface area contributed by atoms with Crippen LogP contribution in [0.1, 0.15) is 55.8 Å². The lowest BCUT2D eigenvalue weighted by atomic mass is 9.78. The van der Waals surface area contributed by atoms with E-state index in [0.29, 0.717) is 6.04 Å². The molecule has 0 radical (unpaired) electrons. The molecule has 1 amide bonds. The second-order valence-corrected chi connectivity index (χ2v) is 6.22. The van der Waals surface area contributed by atoms with Gasteiger partial charge in [-0.2, -0.15) is 0 Å². The average Bonchev–Trinajstić information content (AvgIpc) is 2.55. The van der Waals surface area contributed by atoms with E-state index < -0.39 is 0 Å². The van der Waals surface area contributed by atoms with Gasteiger partial charge in [-0.15, -0.1) is 0 Å². The van der Waals surface area contributed by atoms with Gasteiger partial charge in [0.05, 0.1) is 5.56 Å². The van der Waals surface area contributed by atoms with Gasteiger partial charge in [-0.05, 0) is 50.7 Å². The minimum absolute atomic E-state index is 0.169. The molecule has 2 unspecified atom stereocenters. The summed E-state index contributed by atoms with van der Waals surface area (Å²) in [7, 11) is 0. The van der Waals surface area contributed by atoms with E-state index in [1.165, 1.54) is 32.1 Å². The number of nitrogens with one attached hydrogen (secondary N) is 1. The number of hydrogen-bond acceptors (Lipinski definition) is 3. The Morgan fingerprint density at radius 3 is 2.86 bits per heavy atom. The van der Waals surface area contributed by atoms with Crippen molar-refractivity contribution in [2.24, 2.45) is 5.92 Å². The summed E-state index contributed by atoms with van der Waals surface area (Å²) in [5.74, 6) is 1.73. The molecule has 2 atom stereocenters. The highest BCUT2D eigenvalue weighted by atomic mass is 16.2. The maximum Gasteiger partial charge on any atom is 0.255 e. The van der Waals surface area contributed by atoms with Crippen molar-refractivity contribution in [3.63, 3.8) is 0 Å². The minimum Gasteiger partial charge on any atom is -0.370 e. The lowest BCUT2D eigenvalue weighted by molar-refractivity contribution is 0.0390. The van der Waals surface area contributed by atoms with Crippen LogP contribution >= 0.6 is 0 Å². The summed E-state index contributed by atoms with van der Waals surface area (Å²) in [6.45, 7) is 3.79. The highest BCUT2D eigenvalue weighted by molar-refractivity contribution is 5.94. The number of carbonyl (C=O) groups excluding carboxylic acids is 1. The van der Waals surface area contributed by atoms with E-state index in [0.717, 1.165) is 36.8 Å². The molecule has 1 saturated carbocycles. The van der Waals surface area contributed by atoms with Gasteiger partial charge in [0.2, 0.25) is 0 Å². The van der Waals surface area contributed by atoms with Gasteiger partial charge < -0.3 is 10.2 Å². The van der Waals surface area contributed by atoms with Crippen LogP contribution in [0.15, 0.2) is 18.3 Å². The number of fused-ring (bicyclic) bond motifs is 1. The lowest BCUT2D eigenvalue weighted by Gasteiger charge is -2.44. The van der Waals surface area contributed by atoms with Gasteiger partial charge in [0.25, 0.3) is 5.91 Å². The van der Waals surface area contributed by atoms with Crippen molar-refractivity contribution < 1.29 is 4.79 Å². The van der Waals surface area contributed by atoms with Crippen LogP contribution in [0.5, 0.6) is 0 Å². The molecule has 1 aliphatic heterocycles. The Hall–Kier alpha value is -1.58. The largest absolute Gasteiger partial charge is 0.370 e. The number of carbonyl (C=O) groups is 1. The number of piperidine rings is 1. The summed E-state index contributed by atoms with van der Waals surface area (Å²) in [6.07, 6.45) is 9.24. The number of pyridine rings is 1. The molecule has 114 valence electrons. The molecule has 0 bridgehead atoms. The van der Waals surface area contributed by atoms with Crippen LogP contribution in [-0.4, -0.2) is 34.9 Å². The van der Waals surface area contributed by atoms with Crippen molar-refractivity contribution in [2.45, 2.75) is 51.5 Å². The molecule has 1 N–H and O–H groups in total. The first kappa shape index (κ1) is 14.4. The molecule has 1 aromatic heterocycles. The fourth-order valence-electron chi connectivity index (χ4n) is 3.85. The molecule has 1 aromatic rings. The average molecular weight is 287 g/mol. The Balaban J connectivity index is 1.73. The Bertz CT molecular complexity index is 483. The molecule has 0 spiro atoms. The van der Waals surface area contributed by atoms with E-state index in [4.69, 9.17) is 0 Å². The van der Waals surface area contributed by atoms with Crippen LogP contribution in [0, 0.1) is 5.92 Å². The highest BCUT2D eigenvalue weighted by Gasteiger charge is 2.35. The first-order valence-corrected chi connectivity index (χ1v) is 8.30. The molecule has 4 nitrogen and oxygen atoms in total. The Kier molecular flexibility index (Phi) is 4.42. The van der Waals surface area contributed by atoms with E-state index in [9.17, 15) is 4.79 Å². The van der Waals surface area contributed by atoms with Gasteiger partial charge in [0.15, 0.2) is 0 Å². The molecular weight excluding hydrogens is 262 g/mol. The van der Waals surface area contributed by atoms with Crippen molar-refractivity contribution >= 4 is 11.7 Å². The van der Waals surface area contributed by atoms with Crippen molar-refractivity contribution in [3.05, 3.63) is 23.9 Å². The fourth-order valence-corrected chi connectivity index (χ4v) is 3.85.